The highest BCUT2D eigenvalue weighted by molar-refractivity contribution is 7.47. The summed E-state index contributed by atoms with van der Waals surface area (Å²) in [6.45, 7) is 5.74. The van der Waals surface area contributed by atoms with Gasteiger partial charge in [-0.05, 0) is 50.9 Å². The molecule has 3 fully saturated rings. The van der Waals surface area contributed by atoms with Crippen LogP contribution in [0.1, 0.15) is 285 Å². The zero-order chi connectivity index (χ0) is 70.5. The zero-order valence-corrected chi connectivity index (χ0v) is 59.7. The van der Waals surface area contributed by atoms with Crippen LogP contribution in [-0.2, 0) is 61.2 Å². The number of aliphatic hydroxyl groups excluding tert-OH is 10. The molecule has 0 radical (unpaired) electrons. The number of hydrogen-bond acceptors (Lipinski definition) is 23. The molecule has 0 amide bonds. The topological polar surface area (TPSA) is 374 Å². The monoisotopic (exact) mass is 1400 g/mol. The van der Waals surface area contributed by atoms with Gasteiger partial charge in [-0.3, -0.25) is 23.4 Å². The first-order valence-corrected chi connectivity index (χ1v) is 38.9. The SMILES string of the molecule is CCCCCCCCC/C=C\CCCCCC(=O)OC(COC(=O)CCCCCCCCC(C)CCCCCCCC)COP(=O)(O)OC1C(OC2OC(CO)C(O)C(O)C2O)C(O)C(O)C(O)C1OC1OC(COC(=O)CCCCCCCCCCCCC)C(O)C(O)C1O. The van der Waals surface area contributed by atoms with Crippen LogP contribution in [0.15, 0.2) is 12.2 Å². The number of phosphoric ester groups is 1. The Bertz CT molecular complexity index is 2060. The molecule has 3 rings (SSSR count). The molecule has 96 heavy (non-hydrogen) atoms. The van der Waals surface area contributed by atoms with Crippen LogP contribution in [0, 0.1) is 5.92 Å². The van der Waals surface area contributed by atoms with E-state index < -0.39 is 156 Å². The van der Waals surface area contributed by atoms with E-state index in [9.17, 15) is 74.9 Å². The van der Waals surface area contributed by atoms with Crippen molar-refractivity contribution in [3.05, 3.63) is 12.2 Å². The van der Waals surface area contributed by atoms with Crippen LogP contribution >= 0.6 is 7.82 Å². The van der Waals surface area contributed by atoms with Gasteiger partial charge in [0.25, 0.3) is 0 Å². The van der Waals surface area contributed by atoms with Crippen molar-refractivity contribution in [3.8, 4) is 0 Å². The minimum atomic E-state index is -5.70. The first-order valence-electron chi connectivity index (χ1n) is 37.4. The van der Waals surface area contributed by atoms with Crippen LogP contribution in [0.4, 0.5) is 0 Å². The summed E-state index contributed by atoms with van der Waals surface area (Å²) in [6.07, 6.45) is 8.73. The van der Waals surface area contributed by atoms with Crippen molar-refractivity contribution in [2.45, 2.75) is 389 Å². The summed E-state index contributed by atoms with van der Waals surface area (Å²) < 4.78 is 65.0. The van der Waals surface area contributed by atoms with Crippen LogP contribution < -0.4 is 0 Å². The molecule has 0 aromatic carbocycles. The van der Waals surface area contributed by atoms with Crippen LogP contribution in [0.25, 0.3) is 0 Å². The molecule has 19 atom stereocenters. The number of carbonyl (C=O) groups excluding carboxylic acids is 3. The lowest BCUT2D eigenvalue weighted by Crippen LogP contribution is -2.69. The molecule has 3 aliphatic rings. The number of carbonyl (C=O) groups is 3. The Morgan fingerprint density at radius 2 is 0.792 bits per heavy atom. The van der Waals surface area contributed by atoms with Gasteiger partial charge in [0.05, 0.1) is 13.2 Å². The summed E-state index contributed by atoms with van der Waals surface area (Å²) in [7, 11) is -5.70. The third kappa shape index (κ3) is 36.0. The third-order valence-corrected chi connectivity index (χ3v) is 19.7. The Morgan fingerprint density at radius 3 is 1.24 bits per heavy atom. The second-order valence-electron chi connectivity index (χ2n) is 27.3. The number of esters is 3. The van der Waals surface area contributed by atoms with Crippen LogP contribution in [-0.4, -0.2) is 204 Å². The Balaban J connectivity index is 1.76. The number of unbranched alkanes of at least 4 members (excludes halogenated alkanes) is 30. The Kier molecular flexibility index (Phi) is 48.2. The maximum absolute atomic E-state index is 14.3. The standard InChI is InChI=1S/C71H131O24P/c1-5-8-11-14-17-19-21-22-23-25-27-29-36-41-46-57(75)90-52(48-87-55(73)44-39-35-31-30-33-38-43-51(4)42-37-32-16-13-10-7-3)49-89-96(85,86)95-69-67(93-70-65(83)60(78)58(76)53(47-72)91-70)63(81)62(80)64(82)68(69)94-71-66(84)61(79)59(77)54(92-71)50-88-56(74)45-40-34-28-26-24-20-18-15-12-9-6-2/h23,25,51-54,58-72,76-84H,5-22,24,26-50H2,1-4H3,(H,85,86)/b25-23-. The van der Waals surface area contributed by atoms with Gasteiger partial charge in [-0.15, -0.1) is 0 Å². The van der Waals surface area contributed by atoms with Gasteiger partial charge in [-0.2, -0.15) is 0 Å². The number of aliphatic hydroxyl groups is 10. The van der Waals surface area contributed by atoms with E-state index in [0.717, 1.165) is 89.9 Å². The number of hydrogen-bond donors (Lipinski definition) is 11. The maximum atomic E-state index is 14.3. The number of phosphoric acid groups is 1. The normalized spacial score (nSPS) is 28.3. The minimum Gasteiger partial charge on any atom is -0.463 e. The van der Waals surface area contributed by atoms with Crippen molar-refractivity contribution >= 4 is 25.7 Å². The van der Waals surface area contributed by atoms with E-state index in [1.165, 1.54) is 122 Å². The van der Waals surface area contributed by atoms with Gasteiger partial charge >= 0.3 is 25.7 Å². The van der Waals surface area contributed by atoms with Gasteiger partial charge in [-0.1, -0.05) is 232 Å². The van der Waals surface area contributed by atoms with E-state index in [1.54, 1.807) is 0 Å². The molecule has 11 N–H and O–H groups in total. The molecular weight excluding hydrogens is 1270 g/mol. The lowest BCUT2D eigenvalue weighted by molar-refractivity contribution is -0.360. The molecule has 25 heteroatoms. The van der Waals surface area contributed by atoms with E-state index in [-0.39, 0.29) is 19.3 Å². The summed E-state index contributed by atoms with van der Waals surface area (Å²) in [6, 6.07) is 0. The summed E-state index contributed by atoms with van der Waals surface area (Å²) in [5.74, 6) is -1.31. The fourth-order valence-electron chi connectivity index (χ4n) is 12.5. The van der Waals surface area contributed by atoms with Crippen molar-refractivity contribution in [1.82, 2.24) is 0 Å². The summed E-state index contributed by atoms with van der Waals surface area (Å²) in [5.41, 5.74) is 0. The van der Waals surface area contributed by atoms with E-state index in [4.69, 9.17) is 42.2 Å². The molecule has 0 aromatic heterocycles. The summed E-state index contributed by atoms with van der Waals surface area (Å²) in [5, 5.41) is 110. The predicted molar refractivity (Wildman–Crippen MR) is 361 cm³/mol. The van der Waals surface area contributed by atoms with E-state index in [0.29, 0.717) is 31.6 Å². The molecule has 0 spiro atoms. The Labute approximate surface area is 573 Å². The highest BCUT2D eigenvalue weighted by Gasteiger charge is 2.58. The molecular formula is C71H131O24P. The second kappa shape index (κ2) is 52.6. The van der Waals surface area contributed by atoms with Crippen molar-refractivity contribution < 1.29 is 117 Å². The van der Waals surface area contributed by atoms with Crippen molar-refractivity contribution in [1.29, 1.82) is 0 Å². The zero-order valence-electron chi connectivity index (χ0n) is 58.8. The van der Waals surface area contributed by atoms with Crippen LogP contribution in [0.3, 0.4) is 0 Å². The van der Waals surface area contributed by atoms with Crippen molar-refractivity contribution in [2.75, 3.05) is 26.4 Å². The van der Waals surface area contributed by atoms with Gasteiger partial charge in [0.2, 0.25) is 0 Å². The lowest BCUT2D eigenvalue weighted by atomic mass is 9.84. The fourth-order valence-corrected chi connectivity index (χ4v) is 13.4. The molecule has 19 unspecified atom stereocenters. The lowest BCUT2D eigenvalue weighted by Gasteiger charge is -2.49. The number of allylic oxidation sites excluding steroid dienone is 2. The molecule has 1 aliphatic carbocycles. The Hall–Kier alpha value is -2.30. The molecule has 2 aliphatic heterocycles. The fraction of sp³-hybridized carbons (Fsp3) is 0.930. The van der Waals surface area contributed by atoms with E-state index in [1.807, 2.05) is 0 Å². The predicted octanol–water partition coefficient (Wildman–Crippen LogP) is 9.82. The molecule has 0 aromatic rings. The van der Waals surface area contributed by atoms with Gasteiger partial charge in [0, 0.05) is 19.3 Å². The van der Waals surface area contributed by atoms with Crippen molar-refractivity contribution in [3.63, 3.8) is 0 Å². The quantitative estimate of drug-likeness (QED) is 0.00886. The van der Waals surface area contributed by atoms with Gasteiger partial charge in [-0.25, -0.2) is 4.57 Å². The molecule has 24 nitrogen and oxygen atoms in total. The molecule has 2 heterocycles. The first-order chi connectivity index (χ1) is 46.2. The third-order valence-electron chi connectivity index (χ3n) is 18.7. The molecule has 1 saturated carbocycles. The molecule has 2 saturated heterocycles. The smallest absolute Gasteiger partial charge is 0.463 e. The minimum absolute atomic E-state index is 0.0305. The first kappa shape index (κ1) is 87.9. The van der Waals surface area contributed by atoms with Gasteiger partial charge < -0.3 is 89.1 Å². The average Bonchev–Trinajstić information content (AvgIpc) is 0.749. The largest absolute Gasteiger partial charge is 0.472 e. The van der Waals surface area contributed by atoms with Crippen molar-refractivity contribution in [2.24, 2.45) is 5.92 Å². The maximum Gasteiger partial charge on any atom is 0.472 e. The Morgan fingerprint density at radius 1 is 0.427 bits per heavy atom. The van der Waals surface area contributed by atoms with Gasteiger partial charge in [0.15, 0.2) is 18.7 Å². The molecule has 0 bridgehead atoms. The highest BCUT2D eigenvalue weighted by Crippen LogP contribution is 2.49. The van der Waals surface area contributed by atoms with Crippen LogP contribution in [0.2, 0.25) is 0 Å². The summed E-state index contributed by atoms with van der Waals surface area (Å²) >= 11 is 0. The second-order valence-corrected chi connectivity index (χ2v) is 28.7. The molecule has 564 valence electrons. The average molecular weight is 1400 g/mol. The number of rotatable bonds is 57. The van der Waals surface area contributed by atoms with Gasteiger partial charge in [0.1, 0.15) is 98.7 Å². The summed E-state index contributed by atoms with van der Waals surface area (Å²) in [4.78, 5) is 51.0. The number of ether oxygens (including phenoxy) is 7. The highest BCUT2D eigenvalue weighted by atomic mass is 31.2. The van der Waals surface area contributed by atoms with E-state index >= 15 is 0 Å². The van der Waals surface area contributed by atoms with E-state index in [2.05, 4.69) is 39.8 Å². The van der Waals surface area contributed by atoms with Crippen LogP contribution in [0.5, 0.6) is 0 Å².